The zero-order valence-corrected chi connectivity index (χ0v) is 20.4. The highest BCUT2D eigenvalue weighted by atomic mass is 35.5. The van der Waals surface area contributed by atoms with Crippen LogP contribution in [0.5, 0.6) is 0 Å². The van der Waals surface area contributed by atoms with Crippen LogP contribution in [0.15, 0.2) is 42.5 Å². The van der Waals surface area contributed by atoms with Gasteiger partial charge in [-0.25, -0.2) is 4.39 Å². The van der Waals surface area contributed by atoms with Gasteiger partial charge in [-0.15, -0.1) is 0 Å². The molecule has 0 saturated heterocycles. The number of aromatic nitrogens is 1. The van der Waals surface area contributed by atoms with Gasteiger partial charge in [0.25, 0.3) is 0 Å². The summed E-state index contributed by atoms with van der Waals surface area (Å²) < 4.78 is 21.3. The minimum Gasteiger partial charge on any atom is -0.465 e. The Morgan fingerprint density at radius 1 is 1.18 bits per heavy atom. The number of amides is 1. The SMILES string of the molecule is CCCN(C(=O)Cc1ccc(Cl)cc1)[C@H]1CCc2c(c3cc(F)ccc3n2CC(=O)OCC)C1. The molecule has 4 rings (SSSR count). The van der Waals surface area contributed by atoms with Crippen molar-refractivity contribution in [3.63, 3.8) is 0 Å². The Labute approximate surface area is 204 Å². The Bertz CT molecular complexity index is 1190. The first-order chi connectivity index (χ1) is 16.4. The van der Waals surface area contributed by atoms with Gasteiger partial charge in [0.15, 0.2) is 0 Å². The maximum absolute atomic E-state index is 14.2. The lowest BCUT2D eigenvalue weighted by Crippen LogP contribution is -2.44. The molecule has 5 nitrogen and oxygen atoms in total. The van der Waals surface area contributed by atoms with Gasteiger partial charge in [0.2, 0.25) is 5.91 Å². The number of nitrogens with zero attached hydrogens (tertiary/aromatic N) is 2. The second-order valence-corrected chi connectivity index (χ2v) is 9.20. The molecule has 1 aliphatic carbocycles. The number of carbonyl (C=O) groups is 2. The van der Waals surface area contributed by atoms with Crippen LogP contribution >= 0.6 is 11.6 Å². The third-order valence-corrected chi connectivity index (χ3v) is 6.74. The van der Waals surface area contributed by atoms with Crippen molar-refractivity contribution >= 4 is 34.4 Å². The van der Waals surface area contributed by atoms with Gasteiger partial charge in [0, 0.05) is 34.2 Å². The molecule has 2 aromatic carbocycles. The molecule has 0 bridgehead atoms. The minimum atomic E-state index is -0.310. The Kier molecular flexibility index (Phi) is 7.57. The van der Waals surface area contributed by atoms with Gasteiger partial charge in [-0.1, -0.05) is 30.7 Å². The summed E-state index contributed by atoms with van der Waals surface area (Å²) in [6.07, 6.45) is 3.32. The molecule has 0 spiro atoms. The molecule has 1 amide bonds. The van der Waals surface area contributed by atoms with Crippen molar-refractivity contribution in [1.29, 1.82) is 0 Å². The number of halogens is 2. The first kappa shape index (κ1) is 24.3. The fraction of sp³-hybridized carbons (Fsp3) is 0.407. The molecule has 0 saturated carbocycles. The topological polar surface area (TPSA) is 51.5 Å². The van der Waals surface area contributed by atoms with Crippen LogP contribution in [-0.2, 0) is 40.1 Å². The lowest BCUT2D eigenvalue weighted by atomic mass is 9.89. The number of fused-ring (bicyclic) bond motifs is 3. The van der Waals surface area contributed by atoms with Gasteiger partial charge in [0.1, 0.15) is 12.4 Å². The van der Waals surface area contributed by atoms with Crippen LogP contribution in [0.25, 0.3) is 10.9 Å². The lowest BCUT2D eigenvalue weighted by molar-refractivity contribution is -0.143. The predicted molar refractivity (Wildman–Crippen MR) is 132 cm³/mol. The summed E-state index contributed by atoms with van der Waals surface area (Å²) in [5.74, 6) is -0.534. The zero-order chi connectivity index (χ0) is 24.2. The van der Waals surface area contributed by atoms with Gasteiger partial charge >= 0.3 is 5.97 Å². The molecule has 1 atom stereocenters. The number of benzene rings is 2. The number of carbonyl (C=O) groups excluding carboxylic acids is 2. The Morgan fingerprint density at radius 2 is 1.94 bits per heavy atom. The first-order valence-corrected chi connectivity index (χ1v) is 12.3. The van der Waals surface area contributed by atoms with Gasteiger partial charge in [-0.3, -0.25) is 9.59 Å². The summed E-state index contributed by atoms with van der Waals surface area (Å²) in [7, 11) is 0. The predicted octanol–water partition coefficient (Wildman–Crippen LogP) is 5.34. The summed E-state index contributed by atoms with van der Waals surface area (Å²) in [6, 6.07) is 12.1. The third kappa shape index (κ3) is 5.12. The highest BCUT2D eigenvalue weighted by Gasteiger charge is 2.31. The summed E-state index contributed by atoms with van der Waals surface area (Å²) in [5.41, 5.74) is 3.82. The second-order valence-electron chi connectivity index (χ2n) is 8.76. The fourth-order valence-corrected chi connectivity index (χ4v) is 5.14. The van der Waals surface area contributed by atoms with Gasteiger partial charge < -0.3 is 14.2 Å². The standard InChI is InChI=1S/C27H30ClFN2O3/c1-3-13-30(26(32)14-18-5-7-19(28)8-6-18)21-10-12-25-23(16-21)22-15-20(29)9-11-24(22)31(25)17-27(33)34-4-2/h5-9,11,15,21H,3-4,10,12-14,16-17H2,1-2H3/t21-/m0/s1. The van der Waals surface area contributed by atoms with E-state index in [1.165, 1.54) is 12.1 Å². The van der Waals surface area contributed by atoms with E-state index < -0.39 is 0 Å². The normalized spacial score (nSPS) is 15.2. The Balaban J connectivity index is 1.63. The van der Waals surface area contributed by atoms with E-state index in [0.717, 1.165) is 40.6 Å². The van der Waals surface area contributed by atoms with Crippen molar-refractivity contribution in [2.75, 3.05) is 13.2 Å². The Morgan fingerprint density at radius 3 is 2.65 bits per heavy atom. The molecule has 1 aliphatic rings. The Hall–Kier alpha value is -2.86. The van der Waals surface area contributed by atoms with Gasteiger partial charge in [-0.2, -0.15) is 0 Å². The molecule has 0 unspecified atom stereocenters. The molecule has 0 aliphatic heterocycles. The molecule has 7 heteroatoms. The molecule has 3 aromatic rings. The van der Waals surface area contributed by atoms with E-state index in [1.54, 1.807) is 25.1 Å². The van der Waals surface area contributed by atoms with Crippen molar-refractivity contribution in [2.45, 2.75) is 58.5 Å². The van der Waals surface area contributed by atoms with E-state index in [2.05, 4.69) is 6.92 Å². The quantitative estimate of drug-likeness (QED) is 0.406. The summed E-state index contributed by atoms with van der Waals surface area (Å²) >= 11 is 5.99. The maximum Gasteiger partial charge on any atom is 0.325 e. The van der Waals surface area contributed by atoms with Crippen LogP contribution in [0.4, 0.5) is 4.39 Å². The van der Waals surface area contributed by atoms with Crippen molar-refractivity contribution in [2.24, 2.45) is 0 Å². The van der Waals surface area contributed by atoms with Crippen LogP contribution in [0.3, 0.4) is 0 Å². The smallest absolute Gasteiger partial charge is 0.325 e. The number of hydrogen-bond donors (Lipinski definition) is 0. The number of ether oxygens (including phenoxy) is 1. The van der Waals surface area contributed by atoms with Crippen molar-refractivity contribution < 1.29 is 18.7 Å². The zero-order valence-electron chi connectivity index (χ0n) is 19.7. The van der Waals surface area contributed by atoms with Crippen LogP contribution < -0.4 is 0 Å². The molecule has 0 fully saturated rings. The number of hydrogen-bond acceptors (Lipinski definition) is 3. The van der Waals surface area contributed by atoms with Crippen LogP contribution in [-0.4, -0.2) is 40.5 Å². The van der Waals surface area contributed by atoms with Gasteiger partial charge in [-0.05, 0) is 74.1 Å². The van der Waals surface area contributed by atoms with Crippen LogP contribution in [0.2, 0.25) is 5.02 Å². The number of rotatable bonds is 8. The van der Waals surface area contributed by atoms with E-state index in [0.29, 0.717) is 37.4 Å². The maximum atomic E-state index is 14.2. The molecular weight excluding hydrogens is 455 g/mol. The highest BCUT2D eigenvalue weighted by molar-refractivity contribution is 6.30. The fourth-order valence-electron chi connectivity index (χ4n) is 5.02. The van der Waals surface area contributed by atoms with E-state index >= 15 is 0 Å². The molecule has 1 aromatic heterocycles. The van der Waals surface area contributed by atoms with E-state index in [-0.39, 0.29) is 30.3 Å². The molecule has 180 valence electrons. The van der Waals surface area contributed by atoms with E-state index in [9.17, 15) is 14.0 Å². The van der Waals surface area contributed by atoms with E-state index in [4.69, 9.17) is 16.3 Å². The van der Waals surface area contributed by atoms with Crippen LogP contribution in [0, 0.1) is 5.82 Å². The molecule has 34 heavy (non-hydrogen) atoms. The van der Waals surface area contributed by atoms with Crippen molar-refractivity contribution in [1.82, 2.24) is 9.47 Å². The average Bonchev–Trinajstić information content (AvgIpc) is 3.11. The molecule has 0 radical (unpaired) electrons. The van der Waals surface area contributed by atoms with E-state index in [1.807, 2.05) is 21.6 Å². The second kappa shape index (κ2) is 10.6. The molecule has 0 N–H and O–H groups in total. The summed E-state index contributed by atoms with van der Waals surface area (Å²) in [6.45, 7) is 4.94. The lowest BCUT2D eigenvalue weighted by Gasteiger charge is -2.35. The van der Waals surface area contributed by atoms with Crippen LogP contribution in [0.1, 0.15) is 43.5 Å². The largest absolute Gasteiger partial charge is 0.465 e. The van der Waals surface area contributed by atoms with Crippen molar-refractivity contribution in [3.05, 3.63) is 70.1 Å². The van der Waals surface area contributed by atoms with Crippen molar-refractivity contribution in [3.8, 4) is 0 Å². The number of esters is 1. The monoisotopic (exact) mass is 484 g/mol. The average molecular weight is 485 g/mol. The highest BCUT2D eigenvalue weighted by Crippen LogP contribution is 2.34. The minimum absolute atomic E-state index is 0.0251. The first-order valence-electron chi connectivity index (χ1n) is 11.9. The summed E-state index contributed by atoms with van der Waals surface area (Å²) in [4.78, 5) is 27.6. The molecular formula is C27H30ClFN2O3. The van der Waals surface area contributed by atoms with Gasteiger partial charge in [0.05, 0.1) is 13.0 Å². The summed E-state index contributed by atoms with van der Waals surface area (Å²) in [5, 5.41) is 1.46. The molecule has 1 heterocycles. The third-order valence-electron chi connectivity index (χ3n) is 6.49.